The van der Waals surface area contributed by atoms with Gasteiger partial charge in [-0.05, 0) is 51.9 Å². The van der Waals surface area contributed by atoms with Crippen molar-refractivity contribution in [3.63, 3.8) is 0 Å². The number of amides is 2. The van der Waals surface area contributed by atoms with Crippen LogP contribution in [0.4, 0.5) is 0 Å². The molecule has 3 heterocycles. The molecule has 1 spiro atoms. The minimum absolute atomic E-state index is 0.00251. The first-order valence-corrected chi connectivity index (χ1v) is 11.9. The Labute approximate surface area is 191 Å². The molecule has 0 saturated carbocycles. The summed E-state index contributed by atoms with van der Waals surface area (Å²) in [7, 11) is 0. The molecule has 2 amide bonds. The third-order valence-electron chi connectivity index (χ3n) is 7.24. The van der Waals surface area contributed by atoms with Crippen molar-refractivity contribution in [2.24, 2.45) is 17.3 Å². The smallest absolute Gasteiger partial charge is 0.312 e. The van der Waals surface area contributed by atoms with E-state index in [1.165, 1.54) is 4.90 Å². The second-order valence-corrected chi connectivity index (χ2v) is 11.5. The van der Waals surface area contributed by atoms with E-state index in [9.17, 15) is 19.5 Å². The molecule has 0 aromatic heterocycles. The zero-order chi connectivity index (χ0) is 24.1. The van der Waals surface area contributed by atoms with Crippen LogP contribution in [0.1, 0.15) is 74.1 Å². The largest absolute Gasteiger partial charge is 0.466 e. The number of nitrogens with zero attached hydrogens (tertiary/aromatic N) is 1. The number of fused-ring (bicyclic) bond motifs is 1. The van der Waals surface area contributed by atoms with Gasteiger partial charge in [0.15, 0.2) is 0 Å². The second-order valence-electron chi connectivity index (χ2n) is 11.5. The summed E-state index contributed by atoms with van der Waals surface area (Å²) in [5.74, 6) is -2.55. The Morgan fingerprint density at radius 1 is 1.22 bits per heavy atom. The maximum absolute atomic E-state index is 13.7. The van der Waals surface area contributed by atoms with Gasteiger partial charge in [0.25, 0.3) is 0 Å². The first kappa shape index (κ1) is 25.0. The Hall–Kier alpha value is -1.67. The highest BCUT2D eigenvalue weighted by atomic mass is 16.6. The molecule has 3 aliphatic rings. The molecule has 3 aliphatic heterocycles. The molecule has 32 heavy (non-hydrogen) atoms. The first-order valence-electron chi connectivity index (χ1n) is 11.9. The van der Waals surface area contributed by atoms with Gasteiger partial charge in [-0.1, -0.05) is 27.7 Å². The summed E-state index contributed by atoms with van der Waals surface area (Å²) in [4.78, 5) is 41.7. The fraction of sp³-hybridized carbons (Fsp3) is 0.875. The number of β-amino-alcohol motifs (C(OH)–C–C–N with tert-alkyl or cyclic N) is 1. The minimum atomic E-state index is -1.08. The molecule has 0 radical (unpaired) electrons. The monoisotopic (exact) mass is 452 g/mol. The molecule has 3 fully saturated rings. The van der Waals surface area contributed by atoms with Crippen molar-refractivity contribution in [1.29, 1.82) is 0 Å². The Balaban J connectivity index is 2.00. The van der Waals surface area contributed by atoms with Crippen molar-refractivity contribution >= 4 is 17.8 Å². The second kappa shape index (κ2) is 8.28. The normalized spacial score (nSPS) is 34.1. The summed E-state index contributed by atoms with van der Waals surface area (Å²) < 4.78 is 11.9. The van der Waals surface area contributed by atoms with E-state index in [-0.39, 0.29) is 37.0 Å². The topological polar surface area (TPSA) is 105 Å². The Morgan fingerprint density at radius 2 is 1.88 bits per heavy atom. The predicted octanol–water partition coefficient (Wildman–Crippen LogP) is 2.03. The van der Waals surface area contributed by atoms with E-state index in [4.69, 9.17) is 9.47 Å². The highest BCUT2D eigenvalue weighted by molar-refractivity contribution is 5.98. The Bertz CT molecular complexity index is 775. The molecule has 3 saturated heterocycles. The quantitative estimate of drug-likeness (QED) is 0.546. The van der Waals surface area contributed by atoms with Gasteiger partial charge < -0.3 is 24.8 Å². The van der Waals surface area contributed by atoms with Crippen LogP contribution >= 0.6 is 0 Å². The fourth-order valence-corrected chi connectivity index (χ4v) is 6.73. The maximum Gasteiger partial charge on any atom is 0.312 e. The van der Waals surface area contributed by atoms with E-state index in [0.717, 1.165) is 6.42 Å². The summed E-state index contributed by atoms with van der Waals surface area (Å²) >= 11 is 0. The molecule has 2 unspecified atom stereocenters. The number of likely N-dealkylation sites (tertiary alicyclic amines) is 1. The van der Waals surface area contributed by atoms with Gasteiger partial charge in [0.1, 0.15) is 17.6 Å². The third-order valence-corrected chi connectivity index (χ3v) is 7.24. The molecule has 0 aliphatic carbocycles. The van der Waals surface area contributed by atoms with Gasteiger partial charge in [-0.2, -0.15) is 0 Å². The highest BCUT2D eigenvalue weighted by Crippen LogP contribution is 2.64. The Morgan fingerprint density at radius 3 is 2.41 bits per heavy atom. The predicted molar refractivity (Wildman–Crippen MR) is 119 cm³/mol. The number of hydrogen-bond acceptors (Lipinski definition) is 6. The average molecular weight is 453 g/mol. The number of ether oxygens (including phenoxy) is 2. The standard InChI is InChI=1S/C24H40N2O6/c1-8-23-10-11-24(32-23)15(16(23)20(30)31-9-2)19(29)26(12-13-27)17(24)18(28)25-22(6,7)14-21(3,4)5/h15-17,27H,8-14H2,1-7H3,(H,25,28)/t15-,16-,17?,23+,24?/m0/s1. The van der Waals surface area contributed by atoms with Gasteiger partial charge in [-0.25, -0.2) is 0 Å². The lowest BCUT2D eigenvalue weighted by atomic mass is 9.65. The number of rotatable bonds is 8. The van der Waals surface area contributed by atoms with Crippen molar-refractivity contribution in [2.45, 2.75) is 96.9 Å². The van der Waals surface area contributed by atoms with Crippen LogP contribution in [0, 0.1) is 17.3 Å². The van der Waals surface area contributed by atoms with Gasteiger partial charge >= 0.3 is 5.97 Å². The van der Waals surface area contributed by atoms with E-state index < -0.39 is 40.6 Å². The van der Waals surface area contributed by atoms with Crippen molar-refractivity contribution in [3.05, 3.63) is 0 Å². The molecule has 182 valence electrons. The Kier molecular flexibility index (Phi) is 6.46. The number of carbonyl (C=O) groups is 3. The van der Waals surface area contributed by atoms with Crippen LogP contribution in [0.15, 0.2) is 0 Å². The minimum Gasteiger partial charge on any atom is -0.466 e. The van der Waals surface area contributed by atoms with E-state index in [2.05, 4.69) is 26.1 Å². The molecule has 8 nitrogen and oxygen atoms in total. The van der Waals surface area contributed by atoms with Gasteiger partial charge in [-0.3, -0.25) is 14.4 Å². The van der Waals surface area contributed by atoms with Crippen LogP contribution in [0.2, 0.25) is 0 Å². The van der Waals surface area contributed by atoms with Crippen molar-refractivity contribution < 1.29 is 29.0 Å². The number of aliphatic hydroxyl groups is 1. The van der Waals surface area contributed by atoms with Crippen LogP contribution in [0.5, 0.6) is 0 Å². The maximum atomic E-state index is 13.7. The molecular weight excluding hydrogens is 412 g/mol. The highest BCUT2D eigenvalue weighted by Gasteiger charge is 2.79. The first-order chi connectivity index (χ1) is 14.8. The van der Waals surface area contributed by atoms with Crippen LogP contribution in [0.3, 0.4) is 0 Å². The van der Waals surface area contributed by atoms with E-state index in [1.54, 1.807) is 6.92 Å². The number of esters is 1. The van der Waals surface area contributed by atoms with Crippen molar-refractivity contribution in [2.75, 3.05) is 19.8 Å². The van der Waals surface area contributed by atoms with Gasteiger partial charge in [0, 0.05) is 12.1 Å². The SMILES string of the molecule is CCOC(=O)[C@@H]1[C@H]2C(=O)N(CCO)C(C(=O)NC(C)(C)CC(C)(C)C)C23CC[C@@]1(CC)O3. The lowest BCUT2D eigenvalue weighted by Crippen LogP contribution is -2.59. The van der Waals surface area contributed by atoms with E-state index in [0.29, 0.717) is 19.3 Å². The van der Waals surface area contributed by atoms with Crippen LogP contribution in [-0.2, 0) is 23.9 Å². The van der Waals surface area contributed by atoms with Crippen molar-refractivity contribution in [3.8, 4) is 0 Å². The average Bonchev–Trinajstić information content (AvgIpc) is 3.24. The summed E-state index contributed by atoms with van der Waals surface area (Å²) in [6, 6.07) is -0.890. The van der Waals surface area contributed by atoms with E-state index in [1.807, 2.05) is 20.8 Å². The molecule has 2 bridgehead atoms. The molecular formula is C24H40N2O6. The number of hydrogen-bond donors (Lipinski definition) is 2. The van der Waals surface area contributed by atoms with Crippen molar-refractivity contribution in [1.82, 2.24) is 10.2 Å². The summed E-state index contributed by atoms with van der Waals surface area (Å²) in [5, 5.41) is 12.8. The van der Waals surface area contributed by atoms with Gasteiger partial charge in [0.05, 0.1) is 24.7 Å². The van der Waals surface area contributed by atoms with Gasteiger partial charge in [-0.15, -0.1) is 0 Å². The summed E-state index contributed by atoms with van der Waals surface area (Å²) in [6.45, 7) is 13.9. The molecule has 0 aromatic carbocycles. The van der Waals surface area contributed by atoms with Crippen LogP contribution in [0.25, 0.3) is 0 Å². The van der Waals surface area contributed by atoms with E-state index >= 15 is 0 Å². The lowest BCUT2D eigenvalue weighted by molar-refractivity contribution is -0.160. The van der Waals surface area contributed by atoms with Gasteiger partial charge in [0.2, 0.25) is 11.8 Å². The third kappa shape index (κ3) is 3.94. The number of nitrogens with one attached hydrogen (secondary N) is 1. The molecule has 0 aromatic rings. The lowest BCUT2D eigenvalue weighted by Gasteiger charge is -2.38. The van der Waals surface area contributed by atoms with Crippen LogP contribution in [-0.4, -0.2) is 70.3 Å². The zero-order valence-electron chi connectivity index (χ0n) is 20.6. The zero-order valence-corrected chi connectivity index (χ0v) is 20.6. The summed E-state index contributed by atoms with van der Waals surface area (Å²) in [6.07, 6.45) is 2.42. The molecule has 8 heteroatoms. The number of aliphatic hydroxyl groups excluding tert-OH is 1. The fourth-order valence-electron chi connectivity index (χ4n) is 6.73. The number of carbonyl (C=O) groups excluding carboxylic acids is 3. The molecule has 2 N–H and O–H groups in total. The molecule has 5 atom stereocenters. The van der Waals surface area contributed by atoms with Crippen LogP contribution < -0.4 is 5.32 Å². The summed E-state index contributed by atoms with van der Waals surface area (Å²) in [5.41, 5.74) is -2.38. The molecule has 3 rings (SSSR count).